The van der Waals surface area contributed by atoms with Crippen molar-refractivity contribution in [2.24, 2.45) is 10.9 Å². The molecule has 3 N–H and O–H groups in total. The molecule has 1 atom stereocenters. The Labute approximate surface area is 189 Å². The third-order valence-electron chi connectivity index (χ3n) is 4.35. The van der Waals surface area contributed by atoms with Crippen LogP contribution < -0.4 is 16.0 Å². The molecule has 0 bridgehead atoms. The number of amides is 1. The first-order chi connectivity index (χ1) is 13.7. The van der Waals surface area contributed by atoms with Gasteiger partial charge >= 0.3 is 0 Å². The number of hydrogen-bond acceptors (Lipinski definition) is 4. The van der Waals surface area contributed by atoms with Crippen LogP contribution in [0.5, 0.6) is 0 Å². The number of carbonyl (C=O) groups excluding carboxylic acids is 1. The maximum absolute atomic E-state index is 13.1. The SMILES string of the molecule is CN=C(NCCCOCC1CCOC1)NCCNC(=O)Cc1cccc(F)c1.I. The number of guanidine groups is 1. The van der Waals surface area contributed by atoms with Gasteiger partial charge in [0.1, 0.15) is 5.82 Å². The van der Waals surface area contributed by atoms with E-state index in [0.29, 0.717) is 37.1 Å². The number of nitrogens with one attached hydrogen (secondary N) is 3. The first-order valence-electron chi connectivity index (χ1n) is 9.78. The normalized spacial score (nSPS) is 16.2. The van der Waals surface area contributed by atoms with Crippen molar-refractivity contribution < 1.29 is 18.7 Å². The molecule has 1 saturated heterocycles. The number of rotatable bonds is 11. The maximum atomic E-state index is 13.1. The molecule has 0 radical (unpaired) electrons. The van der Waals surface area contributed by atoms with Gasteiger partial charge < -0.3 is 25.4 Å². The Morgan fingerprint density at radius 1 is 1.28 bits per heavy atom. The molecule has 29 heavy (non-hydrogen) atoms. The standard InChI is InChI=1S/C20H31FN4O3.HI/c1-22-20(24-7-3-10-27-14-17-6-11-28-15-17)25-9-8-23-19(26)13-16-4-2-5-18(21)12-16;/h2,4-5,12,17H,3,6-11,13-15H2,1H3,(H,23,26)(H2,22,24,25);1H. The van der Waals surface area contributed by atoms with E-state index in [1.54, 1.807) is 19.2 Å². The molecular formula is C20H32FIN4O3. The van der Waals surface area contributed by atoms with Crippen LogP contribution in [0, 0.1) is 11.7 Å². The fraction of sp³-hybridized carbons (Fsp3) is 0.600. The van der Waals surface area contributed by atoms with Gasteiger partial charge in [-0.05, 0) is 30.5 Å². The topological polar surface area (TPSA) is 84.0 Å². The van der Waals surface area contributed by atoms with Crippen LogP contribution in [0.15, 0.2) is 29.3 Å². The lowest BCUT2D eigenvalue weighted by Crippen LogP contribution is -2.42. The van der Waals surface area contributed by atoms with Gasteiger partial charge in [-0.15, -0.1) is 24.0 Å². The average molecular weight is 522 g/mol. The summed E-state index contributed by atoms with van der Waals surface area (Å²) < 4.78 is 24.1. The van der Waals surface area contributed by atoms with Gasteiger partial charge in [0.2, 0.25) is 5.91 Å². The van der Waals surface area contributed by atoms with E-state index >= 15 is 0 Å². The highest BCUT2D eigenvalue weighted by molar-refractivity contribution is 14.0. The summed E-state index contributed by atoms with van der Waals surface area (Å²) in [4.78, 5) is 16.0. The highest BCUT2D eigenvalue weighted by Crippen LogP contribution is 2.12. The van der Waals surface area contributed by atoms with Crippen molar-refractivity contribution in [1.29, 1.82) is 0 Å². The van der Waals surface area contributed by atoms with Crippen LogP contribution >= 0.6 is 24.0 Å². The molecule has 1 aromatic rings. The third-order valence-corrected chi connectivity index (χ3v) is 4.35. The summed E-state index contributed by atoms with van der Waals surface area (Å²) in [7, 11) is 1.70. The van der Waals surface area contributed by atoms with Crippen LogP contribution in [0.25, 0.3) is 0 Å². The summed E-state index contributed by atoms with van der Waals surface area (Å²) in [6.45, 7) is 4.90. The second-order valence-electron chi connectivity index (χ2n) is 6.74. The molecule has 1 fully saturated rings. The van der Waals surface area contributed by atoms with Crippen LogP contribution in [0.1, 0.15) is 18.4 Å². The van der Waals surface area contributed by atoms with E-state index in [9.17, 15) is 9.18 Å². The van der Waals surface area contributed by atoms with E-state index in [0.717, 1.165) is 39.2 Å². The van der Waals surface area contributed by atoms with E-state index in [1.807, 2.05) is 0 Å². The zero-order valence-corrected chi connectivity index (χ0v) is 19.2. The van der Waals surface area contributed by atoms with Crippen molar-refractivity contribution in [3.05, 3.63) is 35.6 Å². The largest absolute Gasteiger partial charge is 0.381 e. The third kappa shape index (κ3) is 11.3. The molecular weight excluding hydrogens is 490 g/mol. The van der Waals surface area contributed by atoms with Crippen LogP contribution in [0.3, 0.4) is 0 Å². The molecule has 1 amide bonds. The Kier molecular flexibility index (Phi) is 13.6. The van der Waals surface area contributed by atoms with Gasteiger partial charge in [-0.3, -0.25) is 9.79 Å². The van der Waals surface area contributed by atoms with Crippen molar-refractivity contribution in [3.8, 4) is 0 Å². The molecule has 164 valence electrons. The Balaban J connectivity index is 0.00000420. The summed E-state index contributed by atoms with van der Waals surface area (Å²) in [5, 5.41) is 9.16. The molecule has 7 nitrogen and oxygen atoms in total. The predicted molar refractivity (Wildman–Crippen MR) is 122 cm³/mol. The van der Waals surface area contributed by atoms with Crippen LogP contribution in [-0.4, -0.2) is 65.0 Å². The number of carbonyl (C=O) groups is 1. The van der Waals surface area contributed by atoms with Gasteiger partial charge in [0.15, 0.2) is 5.96 Å². The first kappa shape index (κ1) is 25.6. The van der Waals surface area contributed by atoms with E-state index < -0.39 is 0 Å². The van der Waals surface area contributed by atoms with Gasteiger partial charge in [-0.2, -0.15) is 0 Å². The molecule has 0 spiro atoms. The molecule has 1 aliphatic heterocycles. The van der Waals surface area contributed by atoms with Crippen molar-refractivity contribution in [2.75, 3.05) is 53.1 Å². The van der Waals surface area contributed by atoms with E-state index in [1.165, 1.54) is 12.1 Å². The van der Waals surface area contributed by atoms with E-state index in [4.69, 9.17) is 9.47 Å². The van der Waals surface area contributed by atoms with Crippen LogP contribution in [-0.2, 0) is 20.7 Å². The molecule has 1 heterocycles. The smallest absolute Gasteiger partial charge is 0.224 e. The maximum Gasteiger partial charge on any atom is 0.224 e. The molecule has 9 heteroatoms. The lowest BCUT2D eigenvalue weighted by molar-refractivity contribution is -0.120. The second kappa shape index (κ2) is 15.4. The number of nitrogens with zero attached hydrogens (tertiary/aromatic N) is 1. The molecule has 0 saturated carbocycles. The lowest BCUT2D eigenvalue weighted by atomic mass is 10.1. The number of benzene rings is 1. The average Bonchev–Trinajstić information content (AvgIpc) is 3.19. The summed E-state index contributed by atoms with van der Waals surface area (Å²) in [6, 6.07) is 6.07. The number of aliphatic imine (C=N–C) groups is 1. The summed E-state index contributed by atoms with van der Waals surface area (Å²) in [5.74, 6) is 0.752. The fourth-order valence-electron chi connectivity index (χ4n) is 2.84. The minimum absolute atomic E-state index is 0. The van der Waals surface area contributed by atoms with Gasteiger partial charge in [-0.1, -0.05) is 12.1 Å². The van der Waals surface area contributed by atoms with Crippen LogP contribution in [0.4, 0.5) is 4.39 Å². The number of ether oxygens (including phenoxy) is 2. The Morgan fingerprint density at radius 2 is 2.07 bits per heavy atom. The van der Waals surface area contributed by atoms with Crippen LogP contribution in [0.2, 0.25) is 0 Å². The second-order valence-corrected chi connectivity index (χ2v) is 6.74. The summed E-state index contributed by atoms with van der Waals surface area (Å²) in [5.41, 5.74) is 0.658. The highest BCUT2D eigenvalue weighted by Gasteiger charge is 2.15. The van der Waals surface area contributed by atoms with Crippen molar-refractivity contribution in [2.45, 2.75) is 19.3 Å². The molecule has 1 unspecified atom stereocenters. The zero-order chi connectivity index (χ0) is 20.0. The van der Waals surface area contributed by atoms with Crippen molar-refractivity contribution in [1.82, 2.24) is 16.0 Å². The Hall–Kier alpha value is -1.46. The quantitative estimate of drug-likeness (QED) is 0.179. The fourth-order valence-corrected chi connectivity index (χ4v) is 2.84. The molecule has 0 aliphatic carbocycles. The molecule has 2 rings (SSSR count). The zero-order valence-electron chi connectivity index (χ0n) is 16.9. The minimum atomic E-state index is -0.334. The van der Waals surface area contributed by atoms with Crippen molar-refractivity contribution >= 4 is 35.8 Å². The molecule has 1 aromatic carbocycles. The van der Waals surface area contributed by atoms with Gasteiger partial charge in [-0.25, -0.2) is 4.39 Å². The Morgan fingerprint density at radius 3 is 2.79 bits per heavy atom. The number of halogens is 2. The summed E-state index contributed by atoms with van der Waals surface area (Å²) >= 11 is 0. The molecule has 0 aromatic heterocycles. The van der Waals surface area contributed by atoms with Crippen molar-refractivity contribution in [3.63, 3.8) is 0 Å². The predicted octanol–water partition coefficient (Wildman–Crippen LogP) is 1.71. The minimum Gasteiger partial charge on any atom is -0.381 e. The van der Waals surface area contributed by atoms with Gasteiger partial charge in [0.05, 0.1) is 19.6 Å². The Bertz CT molecular complexity index is 627. The lowest BCUT2D eigenvalue weighted by Gasteiger charge is -2.13. The first-order valence-corrected chi connectivity index (χ1v) is 9.78. The number of hydrogen-bond donors (Lipinski definition) is 3. The summed E-state index contributed by atoms with van der Waals surface area (Å²) in [6.07, 6.45) is 2.14. The van der Waals surface area contributed by atoms with E-state index in [2.05, 4.69) is 20.9 Å². The van der Waals surface area contributed by atoms with Gasteiger partial charge in [0.25, 0.3) is 0 Å². The highest BCUT2D eigenvalue weighted by atomic mass is 127. The van der Waals surface area contributed by atoms with E-state index in [-0.39, 0.29) is 42.1 Å². The monoisotopic (exact) mass is 522 g/mol. The van der Waals surface area contributed by atoms with Gasteiger partial charge in [0, 0.05) is 45.8 Å². The molecule has 1 aliphatic rings.